The van der Waals surface area contributed by atoms with Gasteiger partial charge in [0.2, 0.25) is 5.88 Å². The molecular weight excluding hydrogens is 351 g/mol. The van der Waals surface area contributed by atoms with Gasteiger partial charge in [-0.15, -0.1) is 13.2 Å². The Bertz CT molecular complexity index is 967. The van der Waals surface area contributed by atoms with Crippen LogP contribution in [0.5, 0.6) is 11.6 Å². The molecule has 0 saturated carbocycles. The highest BCUT2D eigenvalue weighted by Gasteiger charge is 2.32. The van der Waals surface area contributed by atoms with Crippen molar-refractivity contribution in [3.8, 4) is 11.6 Å². The van der Waals surface area contributed by atoms with E-state index in [0.29, 0.717) is 16.8 Å². The summed E-state index contributed by atoms with van der Waals surface area (Å²) in [6.45, 7) is 0. The van der Waals surface area contributed by atoms with Crippen molar-refractivity contribution in [2.45, 2.75) is 6.36 Å². The van der Waals surface area contributed by atoms with Gasteiger partial charge in [-0.05, 0) is 30.3 Å². The molecule has 2 aromatic carbocycles. The summed E-state index contributed by atoms with van der Waals surface area (Å²) in [5.41, 5.74) is 0.672. The van der Waals surface area contributed by atoms with E-state index in [1.807, 2.05) is 0 Å². The van der Waals surface area contributed by atoms with Crippen LogP contribution in [0.15, 0.2) is 42.5 Å². The van der Waals surface area contributed by atoms with Gasteiger partial charge >= 0.3 is 6.36 Å². The maximum absolute atomic E-state index is 12.5. The molecule has 136 valence electrons. The van der Waals surface area contributed by atoms with Crippen LogP contribution in [0.2, 0.25) is 0 Å². The zero-order valence-electron chi connectivity index (χ0n) is 13.8. The number of benzene rings is 2. The third kappa shape index (κ3) is 3.56. The minimum Gasteiger partial charge on any atom is -0.481 e. The standard InChI is InChI=1S/C17H14F3N3O3/c1-23-16(25-2)11-8-7-10(9-13(11)22-23)15(24)21-12-5-3-4-6-14(12)26-17(18,19)20/h3-9H,1-2H3,(H,21,24). The Morgan fingerprint density at radius 3 is 2.62 bits per heavy atom. The molecule has 0 aliphatic rings. The molecule has 0 radical (unpaired) electrons. The van der Waals surface area contributed by atoms with E-state index in [2.05, 4.69) is 15.2 Å². The Labute approximate surface area is 146 Å². The van der Waals surface area contributed by atoms with Gasteiger partial charge in [-0.25, -0.2) is 4.68 Å². The second kappa shape index (κ2) is 6.58. The van der Waals surface area contributed by atoms with Gasteiger partial charge in [0.15, 0.2) is 5.75 Å². The molecule has 0 unspecified atom stereocenters. The first kappa shape index (κ1) is 17.6. The molecule has 0 aliphatic heterocycles. The summed E-state index contributed by atoms with van der Waals surface area (Å²) in [5.74, 6) is -0.542. The van der Waals surface area contributed by atoms with Crippen molar-refractivity contribution in [1.29, 1.82) is 0 Å². The van der Waals surface area contributed by atoms with E-state index < -0.39 is 18.0 Å². The molecule has 3 rings (SSSR count). The van der Waals surface area contributed by atoms with Crippen LogP contribution in [0.25, 0.3) is 10.9 Å². The SMILES string of the molecule is COc1c2ccc(C(=O)Nc3ccccc3OC(F)(F)F)cc2nn1C. The predicted molar refractivity (Wildman–Crippen MR) is 88.3 cm³/mol. The first-order valence-electron chi connectivity index (χ1n) is 7.45. The van der Waals surface area contributed by atoms with Crippen LogP contribution in [0.3, 0.4) is 0 Å². The lowest BCUT2D eigenvalue weighted by molar-refractivity contribution is -0.274. The highest BCUT2D eigenvalue weighted by Crippen LogP contribution is 2.31. The highest BCUT2D eigenvalue weighted by atomic mass is 19.4. The fourth-order valence-electron chi connectivity index (χ4n) is 2.54. The number of hydrogen-bond donors (Lipinski definition) is 1. The zero-order chi connectivity index (χ0) is 18.9. The van der Waals surface area contributed by atoms with Gasteiger partial charge < -0.3 is 14.8 Å². The number of carbonyl (C=O) groups is 1. The van der Waals surface area contributed by atoms with Crippen LogP contribution < -0.4 is 14.8 Å². The number of para-hydroxylation sites is 2. The molecule has 26 heavy (non-hydrogen) atoms. The molecular formula is C17H14F3N3O3. The summed E-state index contributed by atoms with van der Waals surface area (Å²) in [4.78, 5) is 12.4. The Morgan fingerprint density at radius 2 is 1.92 bits per heavy atom. The number of nitrogens with one attached hydrogen (secondary N) is 1. The molecule has 0 saturated heterocycles. The van der Waals surface area contributed by atoms with Crippen LogP contribution in [-0.4, -0.2) is 29.2 Å². The number of halogens is 3. The normalized spacial score (nSPS) is 11.4. The number of anilines is 1. The number of aryl methyl sites for hydroxylation is 1. The number of aromatic nitrogens is 2. The molecule has 1 amide bonds. The minimum absolute atomic E-state index is 0.0893. The van der Waals surface area contributed by atoms with E-state index in [1.54, 1.807) is 13.1 Å². The summed E-state index contributed by atoms with van der Waals surface area (Å²) in [6.07, 6.45) is -4.86. The Morgan fingerprint density at radius 1 is 1.19 bits per heavy atom. The van der Waals surface area contributed by atoms with Crippen molar-refractivity contribution in [2.24, 2.45) is 7.05 Å². The fraction of sp³-hybridized carbons (Fsp3) is 0.176. The molecule has 0 bridgehead atoms. The maximum atomic E-state index is 12.5. The van der Waals surface area contributed by atoms with E-state index in [0.717, 1.165) is 6.07 Å². The molecule has 3 aromatic rings. The average Bonchev–Trinajstić information content (AvgIpc) is 2.89. The topological polar surface area (TPSA) is 65.4 Å². The predicted octanol–water partition coefficient (Wildman–Crippen LogP) is 3.73. The number of fused-ring (bicyclic) bond motifs is 1. The Kier molecular flexibility index (Phi) is 4.45. The van der Waals surface area contributed by atoms with Crippen LogP contribution in [0.1, 0.15) is 10.4 Å². The number of amides is 1. The van der Waals surface area contributed by atoms with E-state index in [1.165, 1.54) is 42.1 Å². The van der Waals surface area contributed by atoms with Gasteiger partial charge in [-0.3, -0.25) is 4.79 Å². The molecule has 6 nitrogen and oxygen atoms in total. The molecule has 0 fully saturated rings. The second-order valence-corrected chi connectivity index (χ2v) is 5.36. The van der Waals surface area contributed by atoms with Crippen molar-refractivity contribution in [2.75, 3.05) is 12.4 Å². The lowest BCUT2D eigenvalue weighted by atomic mass is 10.1. The number of rotatable bonds is 4. The number of methoxy groups -OCH3 is 1. The summed E-state index contributed by atoms with van der Waals surface area (Å²) in [7, 11) is 3.21. The summed E-state index contributed by atoms with van der Waals surface area (Å²) in [6, 6.07) is 10.0. The van der Waals surface area contributed by atoms with E-state index >= 15 is 0 Å². The molecule has 9 heteroatoms. The number of ether oxygens (including phenoxy) is 2. The quantitative estimate of drug-likeness (QED) is 0.765. The van der Waals surface area contributed by atoms with Crippen molar-refractivity contribution in [1.82, 2.24) is 9.78 Å². The van der Waals surface area contributed by atoms with Gasteiger partial charge in [0.05, 0.1) is 23.7 Å². The van der Waals surface area contributed by atoms with Crippen LogP contribution >= 0.6 is 0 Å². The monoisotopic (exact) mass is 365 g/mol. The molecule has 0 atom stereocenters. The molecule has 0 aliphatic carbocycles. The van der Waals surface area contributed by atoms with Crippen LogP contribution in [0.4, 0.5) is 18.9 Å². The fourth-order valence-corrected chi connectivity index (χ4v) is 2.54. The van der Waals surface area contributed by atoms with Crippen molar-refractivity contribution in [3.63, 3.8) is 0 Å². The van der Waals surface area contributed by atoms with Crippen molar-refractivity contribution in [3.05, 3.63) is 48.0 Å². The molecule has 0 spiro atoms. The molecule has 1 aromatic heterocycles. The van der Waals surface area contributed by atoms with E-state index in [-0.39, 0.29) is 11.3 Å². The average molecular weight is 365 g/mol. The number of hydrogen-bond acceptors (Lipinski definition) is 4. The second-order valence-electron chi connectivity index (χ2n) is 5.36. The first-order valence-corrected chi connectivity index (χ1v) is 7.45. The van der Waals surface area contributed by atoms with Gasteiger partial charge in [0, 0.05) is 12.6 Å². The number of nitrogens with zero attached hydrogens (tertiary/aromatic N) is 2. The summed E-state index contributed by atoms with van der Waals surface area (Å²) in [5, 5.41) is 7.37. The highest BCUT2D eigenvalue weighted by molar-refractivity contribution is 6.07. The third-order valence-corrected chi connectivity index (χ3v) is 3.60. The Balaban J connectivity index is 1.88. The Hall–Kier alpha value is -3.23. The first-order chi connectivity index (χ1) is 12.3. The van der Waals surface area contributed by atoms with Gasteiger partial charge in [-0.2, -0.15) is 5.10 Å². The van der Waals surface area contributed by atoms with E-state index in [9.17, 15) is 18.0 Å². The third-order valence-electron chi connectivity index (χ3n) is 3.60. The lowest BCUT2D eigenvalue weighted by Gasteiger charge is -2.13. The maximum Gasteiger partial charge on any atom is 0.573 e. The van der Waals surface area contributed by atoms with Gasteiger partial charge in [-0.1, -0.05) is 12.1 Å². The van der Waals surface area contributed by atoms with Crippen LogP contribution in [-0.2, 0) is 7.05 Å². The number of alkyl halides is 3. The summed E-state index contributed by atoms with van der Waals surface area (Å²) < 4.78 is 48.1. The summed E-state index contributed by atoms with van der Waals surface area (Å²) >= 11 is 0. The van der Waals surface area contributed by atoms with E-state index in [4.69, 9.17) is 4.74 Å². The smallest absolute Gasteiger partial charge is 0.481 e. The van der Waals surface area contributed by atoms with Crippen molar-refractivity contribution >= 4 is 22.5 Å². The van der Waals surface area contributed by atoms with Crippen molar-refractivity contribution < 1.29 is 27.4 Å². The minimum atomic E-state index is -4.86. The van der Waals surface area contributed by atoms with Crippen LogP contribution in [0, 0.1) is 0 Å². The van der Waals surface area contributed by atoms with Gasteiger partial charge in [0.1, 0.15) is 0 Å². The zero-order valence-corrected chi connectivity index (χ0v) is 13.8. The lowest BCUT2D eigenvalue weighted by Crippen LogP contribution is -2.19. The molecule has 1 heterocycles. The molecule has 1 N–H and O–H groups in total. The largest absolute Gasteiger partial charge is 0.573 e. The number of carbonyl (C=O) groups excluding carboxylic acids is 1. The van der Waals surface area contributed by atoms with Gasteiger partial charge in [0.25, 0.3) is 5.91 Å².